The molecule has 1 unspecified atom stereocenters. The number of carbonyl (C=O) groups is 1. The summed E-state index contributed by atoms with van der Waals surface area (Å²) in [7, 11) is 0. The molecule has 0 saturated heterocycles. The monoisotopic (exact) mass is 348 g/mol. The van der Waals surface area contributed by atoms with Crippen LogP contribution >= 0.6 is 11.8 Å². The summed E-state index contributed by atoms with van der Waals surface area (Å²) in [4.78, 5) is 20.6. The zero-order chi connectivity index (χ0) is 17.7. The minimum Gasteiger partial charge on any atom is -0.384 e. The van der Waals surface area contributed by atoms with Gasteiger partial charge in [-0.2, -0.15) is 0 Å². The number of halogens is 1. The minimum atomic E-state index is -0.294. The molecular weight excluding hydrogens is 327 g/mol. The summed E-state index contributed by atoms with van der Waals surface area (Å²) < 4.78 is 13.1. The lowest BCUT2D eigenvalue weighted by Crippen LogP contribution is -2.33. The highest BCUT2D eigenvalue weighted by Crippen LogP contribution is 2.22. The van der Waals surface area contributed by atoms with Crippen LogP contribution in [0.5, 0.6) is 0 Å². The van der Waals surface area contributed by atoms with E-state index in [0.29, 0.717) is 11.0 Å². The van der Waals surface area contributed by atoms with Crippen LogP contribution in [-0.4, -0.2) is 21.6 Å². The number of nitrogens with one attached hydrogen (secondary N) is 1. The van der Waals surface area contributed by atoms with E-state index in [9.17, 15) is 9.18 Å². The number of carbonyl (C=O) groups excluding carboxylic acids is 1. The molecule has 0 bridgehead atoms. The summed E-state index contributed by atoms with van der Waals surface area (Å²) in [6, 6.07) is 7.68. The molecule has 1 aromatic carbocycles. The van der Waals surface area contributed by atoms with Crippen LogP contribution in [0.2, 0.25) is 0 Å². The van der Waals surface area contributed by atoms with Gasteiger partial charge in [0.2, 0.25) is 5.91 Å². The van der Waals surface area contributed by atoms with E-state index < -0.39 is 0 Å². The quantitative estimate of drug-likeness (QED) is 0.619. The van der Waals surface area contributed by atoms with Crippen molar-refractivity contribution in [1.29, 1.82) is 0 Å². The standard InChI is InChI=1S/C17H21FN4OS/c1-10(2)16(12-4-6-13(18)7-5-12)22-15(23)9-24-17-20-11(3)8-14(19)21-17/h4-8,10,16H,9H2,1-3H3,(H,22,23)(H2,19,20,21). The number of nitrogen functional groups attached to an aromatic ring is 1. The number of nitrogens with two attached hydrogens (primary N) is 1. The normalized spacial score (nSPS) is 12.2. The molecule has 5 nitrogen and oxygen atoms in total. The molecule has 0 radical (unpaired) electrons. The summed E-state index contributed by atoms with van der Waals surface area (Å²) in [5.41, 5.74) is 7.32. The molecule has 1 amide bonds. The van der Waals surface area contributed by atoms with Crippen molar-refractivity contribution in [3.63, 3.8) is 0 Å². The van der Waals surface area contributed by atoms with Gasteiger partial charge >= 0.3 is 0 Å². The molecule has 1 heterocycles. The van der Waals surface area contributed by atoms with Crippen molar-refractivity contribution in [2.45, 2.75) is 32.0 Å². The molecule has 0 aliphatic heterocycles. The first-order valence-corrected chi connectivity index (χ1v) is 8.62. The molecule has 24 heavy (non-hydrogen) atoms. The molecule has 0 aliphatic carbocycles. The maximum absolute atomic E-state index is 13.1. The topological polar surface area (TPSA) is 80.9 Å². The lowest BCUT2D eigenvalue weighted by Gasteiger charge is -2.23. The molecule has 7 heteroatoms. The van der Waals surface area contributed by atoms with Crippen molar-refractivity contribution < 1.29 is 9.18 Å². The number of aromatic nitrogens is 2. The van der Waals surface area contributed by atoms with E-state index >= 15 is 0 Å². The van der Waals surface area contributed by atoms with E-state index in [1.54, 1.807) is 18.2 Å². The van der Waals surface area contributed by atoms with Gasteiger partial charge in [0.25, 0.3) is 0 Å². The highest BCUT2D eigenvalue weighted by atomic mass is 32.2. The van der Waals surface area contributed by atoms with Crippen molar-refractivity contribution in [3.05, 3.63) is 47.4 Å². The van der Waals surface area contributed by atoms with Gasteiger partial charge < -0.3 is 11.1 Å². The van der Waals surface area contributed by atoms with Gasteiger partial charge in [0.15, 0.2) is 5.16 Å². The van der Waals surface area contributed by atoms with Crippen LogP contribution in [0.25, 0.3) is 0 Å². The van der Waals surface area contributed by atoms with Crippen LogP contribution in [-0.2, 0) is 4.79 Å². The fourth-order valence-electron chi connectivity index (χ4n) is 2.28. The second kappa shape index (κ2) is 8.10. The van der Waals surface area contributed by atoms with Crippen LogP contribution in [0, 0.1) is 18.7 Å². The second-order valence-corrected chi connectivity index (χ2v) is 6.79. The molecule has 0 spiro atoms. The molecule has 2 rings (SSSR count). The molecule has 0 fully saturated rings. The Morgan fingerprint density at radius 3 is 2.54 bits per heavy atom. The fourth-order valence-corrected chi connectivity index (χ4v) is 3.00. The Kier molecular flexibility index (Phi) is 6.14. The maximum Gasteiger partial charge on any atom is 0.230 e. The van der Waals surface area contributed by atoms with E-state index in [1.165, 1.54) is 23.9 Å². The molecular formula is C17H21FN4OS. The van der Waals surface area contributed by atoms with Crippen molar-refractivity contribution in [2.24, 2.45) is 5.92 Å². The van der Waals surface area contributed by atoms with Crippen LogP contribution in [0.1, 0.15) is 31.1 Å². The van der Waals surface area contributed by atoms with E-state index in [1.807, 2.05) is 20.8 Å². The van der Waals surface area contributed by atoms with Gasteiger partial charge in [-0.1, -0.05) is 37.7 Å². The highest BCUT2D eigenvalue weighted by molar-refractivity contribution is 7.99. The summed E-state index contributed by atoms with van der Waals surface area (Å²) in [5.74, 6) is 0.323. The summed E-state index contributed by atoms with van der Waals surface area (Å²) in [6.07, 6.45) is 0. The van der Waals surface area contributed by atoms with Crippen LogP contribution in [0.4, 0.5) is 10.2 Å². The SMILES string of the molecule is Cc1cc(N)nc(SCC(=O)NC(c2ccc(F)cc2)C(C)C)n1. The van der Waals surface area contributed by atoms with E-state index in [4.69, 9.17) is 5.73 Å². The number of hydrogen-bond acceptors (Lipinski definition) is 5. The number of hydrogen-bond donors (Lipinski definition) is 2. The molecule has 2 aromatic rings. The Morgan fingerprint density at radius 2 is 1.96 bits per heavy atom. The number of amides is 1. The molecule has 1 aromatic heterocycles. The van der Waals surface area contributed by atoms with Crippen molar-refractivity contribution in [3.8, 4) is 0 Å². The van der Waals surface area contributed by atoms with Gasteiger partial charge in [-0.05, 0) is 30.5 Å². The number of anilines is 1. The van der Waals surface area contributed by atoms with Gasteiger partial charge in [0.05, 0.1) is 11.8 Å². The van der Waals surface area contributed by atoms with E-state index in [2.05, 4.69) is 15.3 Å². The largest absolute Gasteiger partial charge is 0.384 e. The summed E-state index contributed by atoms with van der Waals surface area (Å²) in [5, 5.41) is 3.46. The molecule has 128 valence electrons. The Bertz CT molecular complexity index is 686. The predicted octanol–water partition coefficient (Wildman–Crippen LogP) is 3.11. The van der Waals surface area contributed by atoms with Crippen LogP contribution in [0.3, 0.4) is 0 Å². The zero-order valence-electron chi connectivity index (χ0n) is 13.9. The third-order valence-electron chi connectivity index (χ3n) is 3.40. The number of benzene rings is 1. The molecule has 3 N–H and O–H groups in total. The Balaban J connectivity index is 1.99. The first-order chi connectivity index (χ1) is 11.3. The van der Waals surface area contributed by atoms with Crippen molar-refractivity contribution in [1.82, 2.24) is 15.3 Å². The van der Waals surface area contributed by atoms with E-state index in [-0.39, 0.29) is 29.4 Å². The Morgan fingerprint density at radius 1 is 1.29 bits per heavy atom. The first-order valence-electron chi connectivity index (χ1n) is 7.64. The first kappa shape index (κ1) is 18.2. The number of nitrogens with zero attached hydrogens (tertiary/aromatic N) is 2. The number of rotatable bonds is 6. The van der Waals surface area contributed by atoms with Gasteiger partial charge in [-0.25, -0.2) is 14.4 Å². The highest BCUT2D eigenvalue weighted by Gasteiger charge is 2.18. The lowest BCUT2D eigenvalue weighted by atomic mass is 9.96. The van der Waals surface area contributed by atoms with Gasteiger partial charge in [0.1, 0.15) is 11.6 Å². The fraction of sp³-hybridized carbons (Fsp3) is 0.353. The second-order valence-electron chi connectivity index (χ2n) is 5.85. The van der Waals surface area contributed by atoms with Crippen molar-refractivity contribution >= 4 is 23.5 Å². The van der Waals surface area contributed by atoms with Crippen LogP contribution in [0.15, 0.2) is 35.5 Å². The summed E-state index contributed by atoms with van der Waals surface area (Å²) >= 11 is 1.23. The van der Waals surface area contributed by atoms with Crippen LogP contribution < -0.4 is 11.1 Å². The third-order valence-corrected chi connectivity index (χ3v) is 4.25. The van der Waals surface area contributed by atoms with Gasteiger partial charge in [-0.15, -0.1) is 0 Å². The smallest absolute Gasteiger partial charge is 0.230 e. The predicted molar refractivity (Wildman–Crippen MR) is 94.0 cm³/mol. The minimum absolute atomic E-state index is 0.133. The molecule has 0 aliphatic rings. The maximum atomic E-state index is 13.1. The third kappa shape index (κ3) is 5.19. The lowest BCUT2D eigenvalue weighted by molar-refractivity contribution is -0.119. The van der Waals surface area contributed by atoms with Gasteiger partial charge in [-0.3, -0.25) is 4.79 Å². The Labute approximate surface area is 145 Å². The molecule has 1 atom stereocenters. The number of thioether (sulfide) groups is 1. The van der Waals surface area contributed by atoms with E-state index in [0.717, 1.165) is 11.3 Å². The Hall–Kier alpha value is -2.15. The average Bonchev–Trinajstić information content (AvgIpc) is 2.50. The summed E-state index contributed by atoms with van der Waals surface area (Å²) in [6.45, 7) is 5.84. The van der Waals surface area contributed by atoms with Crippen molar-refractivity contribution in [2.75, 3.05) is 11.5 Å². The average molecular weight is 348 g/mol. The van der Waals surface area contributed by atoms with Gasteiger partial charge in [0, 0.05) is 11.8 Å². The number of aryl methyl sites for hydroxylation is 1. The molecule has 0 saturated carbocycles. The zero-order valence-corrected chi connectivity index (χ0v) is 14.7.